The second-order valence-corrected chi connectivity index (χ2v) is 6.84. The Morgan fingerprint density at radius 1 is 1.04 bits per heavy atom. The highest BCUT2D eigenvalue weighted by Crippen LogP contribution is 2.18. The van der Waals surface area contributed by atoms with Crippen molar-refractivity contribution in [3.63, 3.8) is 0 Å². The van der Waals surface area contributed by atoms with E-state index in [1.54, 1.807) is 11.0 Å². The van der Waals surface area contributed by atoms with Crippen LogP contribution < -0.4 is 15.4 Å². The van der Waals surface area contributed by atoms with Crippen LogP contribution in [0, 0.1) is 6.92 Å². The molecule has 0 bridgehead atoms. The van der Waals surface area contributed by atoms with E-state index in [0.717, 1.165) is 17.1 Å². The Morgan fingerprint density at radius 3 is 2.43 bits per heavy atom. The number of thioether (sulfide) groups is 1. The number of anilines is 2. The second-order valence-electron chi connectivity index (χ2n) is 5.78. The minimum Gasteiger partial charge on any atom is -0.492 e. The molecule has 9 nitrogen and oxygen atoms in total. The van der Waals surface area contributed by atoms with Crippen molar-refractivity contribution in [2.24, 2.45) is 0 Å². The summed E-state index contributed by atoms with van der Waals surface area (Å²) in [5.41, 5.74) is 1.12. The number of benzene rings is 1. The van der Waals surface area contributed by atoms with Crippen molar-refractivity contribution in [2.45, 2.75) is 25.9 Å². The van der Waals surface area contributed by atoms with Crippen molar-refractivity contribution in [3.8, 4) is 11.7 Å². The molecule has 1 aromatic carbocycles. The predicted octanol–water partition coefficient (Wildman–Crippen LogP) is 2.80. The topological polar surface area (TPSA) is 103 Å². The van der Waals surface area contributed by atoms with E-state index in [9.17, 15) is 0 Å². The fraction of sp³-hybridized carbons (Fsp3) is 0.389. The number of para-hydroxylation sites is 1. The summed E-state index contributed by atoms with van der Waals surface area (Å²) in [5, 5.41) is 11.3. The van der Waals surface area contributed by atoms with Gasteiger partial charge in [-0.25, -0.2) is 4.98 Å². The lowest BCUT2D eigenvalue weighted by Gasteiger charge is -2.08. The van der Waals surface area contributed by atoms with Crippen molar-refractivity contribution >= 4 is 23.7 Å². The first kappa shape index (κ1) is 19.9. The van der Waals surface area contributed by atoms with Gasteiger partial charge in [0.2, 0.25) is 17.1 Å². The zero-order valence-corrected chi connectivity index (χ0v) is 17.0. The molecule has 0 saturated heterocycles. The van der Waals surface area contributed by atoms with E-state index in [-0.39, 0.29) is 0 Å². The molecule has 0 aliphatic heterocycles. The van der Waals surface area contributed by atoms with E-state index >= 15 is 0 Å². The average molecular weight is 401 g/mol. The van der Waals surface area contributed by atoms with Gasteiger partial charge in [0.1, 0.15) is 12.1 Å². The van der Waals surface area contributed by atoms with Gasteiger partial charge in [0.25, 0.3) is 5.95 Å². The maximum Gasteiger partial charge on any atom is 0.258 e. The van der Waals surface area contributed by atoms with E-state index in [0.29, 0.717) is 42.7 Å². The van der Waals surface area contributed by atoms with Gasteiger partial charge < -0.3 is 15.4 Å². The molecular formula is C18H24N8OS. The molecule has 28 heavy (non-hydrogen) atoms. The Balaban J connectivity index is 1.61. The summed E-state index contributed by atoms with van der Waals surface area (Å²) in [7, 11) is 0. The number of ether oxygens (including phenoxy) is 1. The molecule has 3 aromatic rings. The van der Waals surface area contributed by atoms with Crippen LogP contribution in [0.15, 0.2) is 35.7 Å². The summed E-state index contributed by atoms with van der Waals surface area (Å²) in [5.74, 6) is 3.05. The Bertz CT molecular complexity index is 877. The number of nitrogens with one attached hydrogen (secondary N) is 2. The first-order valence-electron chi connectivity index (χ1n) is 9.16. The molecule has 2 N–H and O–H groups in total. The minimum absolute atomic E-state index is 0.414. The molecule has 0 amide bonds. The second kappa shape index (κ2) is 9.88. The summed E-state index contributed by atoms with van der Waals surface area (Å²) >= 11 is 1.52. The maximum absolute atomic E-state index is 5.80. The predicted molar refractivity (Wildman–Crippen MR) is 110 cm³/mol. The molecule has 0 aliphatic carbocycles. The lowest BCUT2D eigenvalue weighted by atomic mass is 10.2. The summed E-state index contributed by atoms with van der Waals surface area (Å²) < 4.78 is 7.35. The fourth-order valence-corrected chi connectivity index (χ4v) is 2.97. The van der Waals surface area contributed by atoms with Gasteiger partial charge in [0.15, 0.2) is 0 Å². The quantitative estimate of drug-likeness (QED) is 0.393. The van der Waals surface area contributed by atoms with Gasteiger partial charge in [-0.3, -0.25) is 0 Å². The molecule has 3 rings (SSSR count). The van der Waals surface area contributed by atoms with Crippen LogP contribution in [0.3, 0.4) is 0 Å². The normalized spacial score (nSPS) is 10.7. The van der Waals surface area contributed by atoms with Crippen LogP contribution >= 0.6 is 11.8 Å². The highest BCUT2D eigenvalue weighted by molar-refractivity contribution is 7.99. The molecule has 0 spiro atoms. The van der Waals surface area contributed by atoms with Gasteiger partial charge in [0, 0.05) is 18.8 Å². The highest BCUT2D eigenvalue weighted by Gasteiger charge is 2.10. The van der Waals surface area contributed by atoms with Gasteiger partial charge in [-0.1, -0.05) is 30.0 Å². The Hall–Kier alpha value is -2.88. The molecule has 0 radical (unpaired) electrons. The summed E-state index contributed by atoms with van der Waals surface area (Å²) in [6.07, 6.45) is 1.60. The first-order chi connectivity index (χ1) is 13.7. The van der Waals surface area contributed by atoms with Crippen molar-refractivity contribution < 1.29 is 4.74 Å². The van der Waals surface area contributed by atoms with Crippen LogP contribution in [0.5, 0.6) is 5.75 Å². The average Bonchev–Trinajstić information content (AvgIpc) is 3.16. The van der Waals surface area contributed by atoms with E-state index < -0.39 is 0 Å². The van der Waals surface area contributed by atoms with E-state index in [1.165, 1.54) is 11.8 Å². The van der Waals surface area contributed by atoms with E-state index in [4.69, 9.17) is 4.74 Å². The number of hydrogen-bond acceptors (Lipinski definition) is 9. The van der Waals surface area contributed by atoms with Crippen LogP contribution in [0.1, 0.15) is 19.4 Å². The third-order valence-corrected chi connectivity index (χ3v) is 4.45. The fourth-order valence-electron chi connectivity index (χ4n) is 2.35. The first-order valence-corrected chi connectivity index (χ1v) is 10.1. The van der Waals surface area contributed by atoms with Gasteiger partial charge >= 0.3 is 0 Å². The van der Waals surface area contributed by atoms with Crippen LogP contribution in [-0.4, -0.2) is 55.2 Å². The molecular weight excluding hydrogens is 376 g/mol. The van der Waals surface area contributed by atoms with Crippen molar-refractivity contribution in [1.29, 1.82) is 0 Å². The zero-order valence-electron chi connectivity index (χ0n) is 16.2. The molecule has 0 atom stereocenters. The largest absolute Gasteiger partial charge is 0.492 e. The molecule has 0 saturated carbocycles. The third-order valence-electron chi connectivity index (χ3n) is 3.63. The molecule has 0 fully saturated rings. The van der Waals surface area contributed by atoms with Gasteiger partial charge in [0.05, 0.1) is 6.61 Å². The molecule has 2 aromatic heterocycles. The van der Waals surface area contributed by atoms with Crippen molar-refractivity contribution in [2.75, 3.05) is 36.1 Å². The molecule has 0 aliphatic rings. The summed E-state index contributed by atoms with van der Waals surface area (Å²) in [6.45, 7) is 8.01. The smallest absolute Gasteiger partial charge is 0.258 e. The van der Waals surface area contributed by atoms with Crippen molar-refractivity contribution in [1.82, 2.24) is 29.7 Å². The lowest BCUT2D eigenvalue weighted by Crippen LogP contribution is -2.12. The number of nitrogens with zero attached hydrogens (tertiary/aromatic N) is 6. The van der Waals surface area contributed by atoms with Gasteiger partial charge in [-0.2, -0.15) is 19.6 Å². The maximum atomic E-state index is 5.80. The monoisotopic (exact) mass is 400 g/mol. The number of hydrogen-bond donors (Lipinski definition) is 2. The summed E-state index contributed by atoms with van der Waals surface area (Å²) in [6, 6.07) is 7.97. The lowest BCUT2D eigenvalue weighted by molar-refractivity contribution is 0.341. The van der Waals surface area contributed by atoms with Gasteiger partial charge in [-0.15, -0.1) is 5.10 Å². The molecule has 10 heteroatoms. The molecule has 148 valence electrons. The zero-order chi connectivity index (χ0) is 19.8. The molecule has 2 heterocycles. The van der Waals surface area contributed by atoms with Crippen LogP contribution in [0.25, 0.3) is 5.95 Å². The van der Waals surface area contributed by atoms with Crippen LogP contribution in [-0.2, 0) is 0 Å². The Labute approximate surface area is 168 Å². The van der Waals surface area contributed by atoms with E-state index in [1.807, 2.05) is 45.0 Å². The third kappa shape index (κ3) is 5.32. The van der Waals surface area contributed by atoms with Crippen molar-refractivity contribution in [3.05, 3.63) is 36.2 Å². The summed E-state index contributed by atoms with van der Waals surface area (Å²) in [4.78, 5) is 17.4. The molecule has 0 unspecified atom stereocenters. The highest BCUT2D eigenvalue weighted by atomic mass is 32.2. The van der Waals surface area contributed by atoms with Crippen LogP contribution in [0.2, 0.25) is 0 Å². The van der Waals surface area contributed by atoms with E-state index in [2.05, 4.69) is 35.7 Å². The number of rotatable bonds is 10. The Morgan fingerprint density at radius 2 is 1.75 bits per heavy atom. The van der Waals surface area contributed by atoms with Crippen LogP contribution in [0.4, 0.5) is 11.9 Å². The Kier molecular flexibility index (Phi) is 7.01. The minimum atomic E-state index is 0.414. The standard InChI is InChI=1S/C18H24N8OS/c1-4-19-15-22-16(20-5-2)24-17(23-15)26-12-21-18(25-26)28-11-10-27-14-9-7-6-8-13(14)3/h6-9,12H,4-5,10-11H2,1-3H3,(H2,19,20,22,23,24). The SMILES string of the molecule is CCNc1nc(NCC)nc(-n2cnc(SCCOc3ccccc3C)n2)n1. The number of aryl methyl sites for hydroxylation is 1. The van der Waals surface area contributed by atoms with Gasteiger partial charge in [-0.05, 0) is 32.4 Å². The number of aromatic nitrogens is 6.